The van der Waals surface area contributed by atoms with Crippen molar-refractivity contribution in [3.8, 4) is 0 Å². The maximum absolute atomic E-state index is 12.2. The number of hydrogen-bond donors (Lipinski definition) is 1. The highest BCUT2D eigenvalue weighted by Gasteiger charge is 2.21. The number of halogens is 1. The minimum absolute atomic E-state index is 0.120. The number of nitrogens with one attached hydrogen (secondary N) is 1. The SMILES string of the molecule is C[C@@H]1CN(C(=O)c2cccc(Br)c2)CCN1. The summed E-state index contributed by atoms with van der Waals surface area (Å²) >= 11 is 3.38. The summed E-state index contributed by atoms with van der Waals surface area (Å²) in [4.78, 5) is 14.1. The summed E-state index contributed by atoms with van der Waals surface area (Å²) in [6.07, 6.45) is 0. The van der Waals surface area contributed by atoms with Crippen molar-refractivity contribution in [2.24, 2.45) is 0 Å². The van der Waals surface area contributed by atoms with Crippen LogP contribution in [0.1, 0.15) is 17.3 Å². The Labute approximate surface area is 104 Å². The van der Waals surface area contributed by atoms with Gasteiger partial charge in [-0.3, -0.25) is 4.79 Å². The predicted molar refractivity (Wildman–Crippen MR) is 67.5 cm³/mol. The van der Waals surface area contributed by atoms with Crippen molar-refractivity contribution in [1.29, 1.82) is 0 Å². The van der Waals surface area contributed by atoms with Crippen LogP contribution in [0.3, 0.4) is 0 Å². The smallest absolute Gasteiger partial charge is 0.253 e. The van der Waals surface area contributed by atoms with Crippen LogP contribution in [0.15, 0.2) is 28.7 Å². The third-order valence-corrected chi connectivity index (χ3v) is 3.22. The Morgan fingerprint density at radius 3 is 3.06 bits per heavy atom. The highest BCUT2D eigenvalue weighted by molar-refractivity contribution is 9.10. The van der Waals surface area contributed by atoms with Crippen LogP contribution in [-0.2, 0) is 0 Å². The molecule has 1 N–H and O–H groups in total. The number of carbonyl (C=O) groups excluding carboxylic acids is 1. The van der Waals surface area contributed by atoms with Crippen LogP contribution in [0, 0.1) is 0 Å². The van der Waals surface area contributed by atoms with Gasteiger partial charge >= 0.3 is 0 Å². The molecule has 1 aliphatic rings. The summed E-state index contributed by atoms with van der Waals surface area (Å²) < 4.78 is 0.946. The Balaban J connectivity index is 2.12. The zero-order valence-corrected chi connectivity index (χ0v) is 10.8. The Bertz CT molecular complexity index is 394. The molecular formula is C12H15BrN2O. The van der Waals surface area contributed by atoms with Gasteiger partial charge in [-0.25, -0.2) is 0 Å². The Morgan fingerprint density at radius 1 is 1.56 bits per heavy atom. The molecule has 0 unspecified atom stereocenters. The fourth-order valence-corrected chi connectivity index (χ4v) is 2.32. The number of hydrogen-bond acceptors (Lipinski definition) is 2. The first kappa shape index (κ1) is 11.6. The fraction of sp³-hybridized carbons (Fsp3) is 0.417. The molecule has 0 radical (unpaired) electrons. The van der Waals surface area contributed by atoms with Gasteiger partial charge in [0.05, 0.1) is 0 Å². The molecular weight excluding hydrogens is 268 g/mol. The molecule has 1 saturated heterocycles. The van der Waals surface area contributed by atoms with E-state index in [0.29, 0.717) is 6.04 Å². The van der Waals surface area contributed by atoms with E-state index in [9.17, 15) is 4.79 Å². The van der Waals surface area contributed by atoms with Crippen molar-refractivity contribution in [1.82, 2.24) is 10.2 Å². The van der Waals surface area contributed by atoms with Crippen LogP contribution in [0.25, 0.3) is 0 Å². The van der Waals surface area contributed by atoms with E-state index in [0.717, 1.165) is 29.7 Å². The van der Waals surface area contributed by atoms with Gasteiger partial charge < -0.3 is 10.2 Å². The molecule has 1 aromatic rings. The van der Waals surface area contributed by atoms with Gasteiger partial charge in [-0.1, -0.05) is 22.0 Å². The highest BCUT2D eigenvalue weighted by Crippen LogP contribution is 2.14. The molecule has 1 heterocycles. The molecule has 0 aliphatic carbocycles. The van der Waals surface area contributed by atoms with Crippen molar-refractivity contribution in [3.05, 3.63) is 34.3 Å². The number of carbonyl (C=O) groups is 1. The first-order valence-corrected chi connectivity index (χ1v) is 6.24. The molecule has 0 aromatic heterocycles. The van der Waals surface area contributed by atoms with Gasteiger partial charge in [0.15, 0.2) is 0 Å². The van der Waals surface area contributed by atoms with Gasteiger partial charge in [-0.15, -0.1) is 0 Å². The summed E-state index contributed by atoms with van der Waals surface area (Å²) in [5.74, 6) is 0.120. The third kappa shape index (κ3) is 2.62. The highest BCUT2D eigenvalue weighted by atomic mass is 79.9. The van der Waals surface area contributed by atoms with Gasteiger partial charge in [0, 0.05) is 35.7 Å². The van der Waals surface area contributed by atoms with Crippen molar-refractivity contribution in [3.63, 3.8) is 0 Å². The lowest BCUT2D eigenvalue weighted by molar-refractivity contribution is 0.0709. The minimum Gasteiger partial charge on any atom is -0.336 e. The summed E-state index contributed by atoms with van der Waals surface area (Å²) in [5.41, 5.74) is 0.753. The number of nitrogens with zero attached hydrogens (tertiary/aromatic N) is 1. The average molecular weight is 283 g/mol. The second-order valence-corrected chi connectivity index (χ2v) is 5.03. The third-order valence-electron chi connectivity index (χ3n) is 2.73. The molecule has 0 spiro atoms. The monoisotopic (exact) mass is 282 g/mol. The van der Waals surface area contributed by atoms with E-state index in [-0.39, 0.29) is 5.91 Å². The quantitative estimate of drug-likeness (QED) is 0.853. The molecule has 1 aliphatic heterocycles. The summed E-state index contributed by atoms with van der Waals surface area (Å²) in [6.45, 7) is 4.54. The Morgan fingerprint density at radius 2 is 2.38 bits per heavy atom. The topological polar surface area (TPSA) is 32.3 Å². The molecule has 0 saturated carbocycles. The average Bonchev–Trinajstić information content (AvgIpc) is 2.28. The van der Waals surface area contributed by atoms with Crippen molar-refractivity contribution in [2.75, 3.05) is 19.6 Å². The molecule has 1 atom stereocenters. The van der Waals surface area contributed by atoms with Gasteiger partial charge in [0.2, 0.25) is 0 Å². The molecule has 3 nitrogen and oxygen atoms in total. The molecule has 1 fully saturated rings. The number of amides is 1. The molecule has 1 aromatic carbocycles. The first-order valence-electron chi connectivity index (χ1n) is 5.45. The van der Waals surface area contributed by atoms with Gasteiger partial charge in [-0.2, -0.15) is 0 Å². The van der Waals surface area contributed by atoms with Crippen LogP contribution >= 0.6 is 15.9 Å². The van der Waals surface area contributed by atoms with Crippen LogP contribution in [0.2, 0.25) is 0 Å². The van der Waals surface area contributed by atoms with E-state index in [1.807, 2.05) is 29.2 Å². The van der Waals surface area contributed by atoms with Crippen molar-refractivity contribution in [2.45, 2.75) is 13.0 Å². The molecule has 86 valence electrons. The van der Waals surface area contributed by atoms with Crippen LogP contribution in [-0.4, -0.2) is 36.5 Å². The first-order chi connectivity index (χ1) is 7.66. The normalized spacial score (nSPS) is 20.9. The Hall–Kier alpha value is -0.870. The lowest BCUT2D eigenvalue weighted by atomic mass is 10.1. The minimum atomic E-state index is 0.120. The van der Waals surface area contributed by atoms with Gasteiger partial charge in [-0.05, 0) is 25.1 Å². The zero-order valence-electron chi connectivity index (χ0n) is 9.24. The number of piperazine rings is 1. The largest absolute Gasteiger partial charge is 0.336 e. The molecule has 2 rings (SSSR count). The lowest BCUT2D eigenvalue weighted by Crippen LogP contribution is -2.51. The van der Waals surface area contributed by atoms with Crippen LogP contribution in [0.5, 0.6) is 0 Å². The number of rotatable bonds is 1. The van der Waals surface area contributed by atoms with Crippen molar-refractivity contribution < 1.29 is 4.79 Å². The molecule has 0 bridgehead atoms. The predicted octanol–water partition coefficient (Wildman–Crippen LogP) is 1.88. The van der Waals surface area contributed by atoms with Crippen LogP contribution < -0.4 is 5.32 Å². The van der Waals surface area contributed by atoms with E-state index >= 15 is 0 Å². The summed E-state index contributed by atoms with van der Waals surface area (Å²) in [6, 6.07) is 7.93. The standard InChI is InChI=1S/C12H15BrN2O/c1-9-8-15(6-5-14-9)12(16)10-3-2-4-11(13)7-10/h2-4,7,9,14H,5-6,8H2,1H3/t9-/m1/s1. The van der Waals surface area contributed by atoms with Gasteiger partial charge in [0.25, 0.3) is 5.91 Å². The second-order valence-electron chi connectivity index (χ2n) is 4.12. The molecule has 1 amide bonds. The van der Waals surface area contributed by atoms with Gasteiger partial charge in [0.1, 0.15) is 0 Å². The van der Waals surface area contributed by atoms with Crippen molar-refractivity contribution >= 4 is 21.8 Å². The van der Waals surface area contributed by atoms with E-state index < -0.39 is 0 Å². The second kappa shape index (κ2) is 4.97. The molecule has 16 heavy (non-hydrogen) atoms. The Kier molecular flexibility index (Phi) is 3.61. The maximum atomic E-state index is 12.2. The fourth-order valence-electron chi connectivity index (χ4n) is 1.92. The van der Waals surface area contributed by atoms with Crippen LogP contribution in [0.4, 0.5) is 0 Å². The zero-order chi connectivity index (χ0) is 11.5. The summed E-state index contributed by atoms with van der Waals surface area (Å²) in [5, 5.41) is 3.33. The maximum Gasteiger partial charge on any atom is 0.253 e. The summed E-state index contributed by atoms with van der Waals surface area (Å²) in [7, 11) is 0. The lowest BCUT2D eigenvalue weighted by Gasteiger charge is -2.32. The molecule has 4 heteroatoms. The van der Waals surface area contributed by atoms with E-state index in [1.165, 1.54) is 0 Å². The van der Waals surface area contributed by atoms with E-state index in [2.05, 4.69) is 28.2 Å². The van der Waals surface area contributed by atoms with E-state index in [4.69, 9.17) is 0 Å². The van der Waals surface area contributed by atoms with E-state index in [1.54, 1.807) is 0 Å². The number of benzene rings is 1.